The molecule has 0 aliphatic heterocycles. The number of allylic oxidation sites excluding steroid dienone is 2. The topological polar surface area (TPSA) is 91.9 Å². The summed E-state index contributed by atoms with van der Waals surface area (Å²) in [5, 5.41) is 10.3. The molecule has 0 aliphatic rings. The van der Waals surface area contributed by atoms with Gasteiger partial charge in [0.05, 0.1) is 6.04 Å². The van der Waals surface area contributed by atoms with Crippen molar-refractivity contribution in [3.63, 3.8) is 0 Å². The van der Waals surface area contributed by atoms with Gasteiger partial charge in [0, 0.05) is 22.0 Å². The van der Waals surface area contributed by atoms with E-state index in [1.54, 1.807) is 12.3 Å². The molecule has 0 amide bonds. The number of hydrogen-bond donors (Lipinski definition) is 3. The maximum atomic E-state index is 12.3. The lowest BCUT2D eigenvalue weighted by Crippen LogP contribution is -2.26. The summed E-state index contributed by atoms with van der Waals surface area (Å²) >= 11 is 1.53. The van der Waals surface area contributed by atoms with Crippen LogP contribution in [0.15, 0.2) is 46.8 Å². The molecule has 0 spiro atoms. The second-order valence-electron chi connectivity index (χ2n) is 5.03. The molecule has 0 saturated carbocycles. The van der Waals surface area contributed by atoms with Gasteiger partial charge >= 0.3 is 0 Å². The molecule has 0 bridgehead atoms. The Balaban J connectivity index is 2.23. The largest absolute Gasteiger partial charge is 0.384 e. The summed E-state index contributed by atoms with van der Waals surface area (Å²) in [6.45, 7) is 3.70. The average molecular weight is 348 g/mol. The van der Waals surface area contributed by atoms with Gasteiger partial charge in [-0.05, 0) is 31.9 Å². The molecule has 0 radical (unpaired) electrons. The van der Waals surface area contributed by atoms with Gasteiger partial charge in [0.25, 0.3) is 0 Å². The molecule has 4 N–H and O–H groups in total. The summed E-state index contributed by atoms with van der Waals surface area (Å²) in [5.41, 5.74) is 7.25. The van der Waals surface area contributed by atoms with Crippen molar-refractivity contribution in [1.82, 2.24) is 9.71 Å². The predicted molar refractivity (Wildman–Crippen MR) is 96.7 cm³/mol. The van der Waals surface area contributed by atoms with E-state index in [1.165, 1.54) is 11.3 Å². The van der Waals surface area contributed by atoms with Crippen LogP contribution in [0.25, 0.3) is 0 Å². The molecule has 2 unspecified atom stereocenters. The first kappa shape index (κ1) is 17.5. The molecular weight excluding hydrogens is 328 g/mol. The molecule has 23 heavy (non-hydrogen) atoms. The molecule has 122 valence electrons. The summed E-state index contributed by atoms with van der Waals surface area (Å²) in [6, 6.07) is 7.38. The number of amidine groups is 1. The van der Waals surface area contributed by atoms with Gasteiger partial charge in [0.1, 0.15) is 21.8 Å². The molecule has 0 saturated heterocycles. The maximum absolute atomic E-state index is 12.3. The standard InChI is InChI=1S/C16H20N4OS2/c1-3-11(2)23(21)20-14(16-19-7-8-22-16)10-12-5-4-6-13(9-12)15(17)18/h3-9,14,20H,10H2,1-2H3,(H3,17,18)/b11-3+. The number of rotatable bonds is 7. The zero-order chi connectivity index (χ0) is 16.8. The first-order valence-corrected chi connectivity index (χ1v) is 9.17. The zero-order valence-electron chi connectivity index (χ0n) is 13.1. The Labute approximate surface area is 142 Å². The third-order valence-electron chi connectivity index (χ3n) is 3.38. The van der Waals surface area contributed by atoms with Crippen LogP contribution in [0, 0.1) is 5.41 Å². The summed E-state index contributed by atoms with van der Waals surface area (Å²) < 4.78 is 15.4. The van der Waals surface area contributed by atoms with Gasteiger partial charge in [-0.3, -0.25) is 5.41 Å². The van der Waals surface area contributed by atoms with E-state index >= 15 is 0 Å². The van der Waals surface area contributed by atoms with Crippen LogP contribution >= 0.6 is 11.3 Å². The minimum absolute atomic E-state index is 0.0407. The Morgan fingerprint density at radius 1 is 1.57 bits per heavy atom. The van der Waals surface area contributed by atoms with Crippen LogP contribution in [0.2, 0.25) is 0 Å². The van der Waals surface area contributed by atoms with Crippen molar-refractivity contribution in [2.45, 2.75) is 26.3 Å². The number of aromatic nitrogens is 1. The van der Waals surface area contributed by atoms with E-state index < -0.39 is 11.0 Å². The van der Waals surface area contributed by atoms with Crippen LogP contribution in [0.1, 0.15) is 36.0 Å². The summed E-state index contributed by atoms with van der Waals surface area (Å²) in [7, 11) is -1.26. The highest BCUT2D eigenvalue weighted by Gasteiger charge is 2.18. The number of nitrogens with one attached hydrogen (secondary N) is 2. The van der Waals surface area contributed by atoms with Crippen molar-refractivity contribution in [3.8, 4) is 0 Å². The van der Waals surface area contributed by atoms with Crippen molar-refractivity contribution < 1.29 is 4.21 Å². The van der Waals surface area contributed by atoms with Gasteiger partial charge in [-0.1, -0.05) is 24.3 Å². The normalized spacial score (nSPS) is 14.4. The molecule has 0 aliphatic carbocycles. The fourth-order valence-electron chi connectivity index (χ4n) is 2.02. The Hall–Kier alpha value is -1.83. The van der Waals surface area contributed by atoms with E-state index in [1.807, 2.05) is 43.5 Å². The van der Waals surface area contributed by atoms with Gasteiger partial charge in [0.15, 0.2) is 0 Å². The van der Waals surface area contributed by atoms with Crippen LogP contribution in [-0.4, -0.2) is 15.0 Å². The van der Waals surface area contributed by atoms with E-state index in [9.17, 15) is 4.21 Å². The van der Waals surface area contributed by atoms with Crippen LogP contribution < -0.4 is 10.5 Å². The molecule has 2 aromatic rings. The number of thiazole rings is 1. The first-order valence-electron chi connectivity index (χ1n) is 7.15. The minimum atomic E-state index is -1.26. The molecule has 7 heteroatoms. The van der Waals surface area contributed by atoms with Crippen molar-refractivity contribution in [1.29, 1.82) is 5.41 Å². The molecule has 5 nitrogen and oxygen atoms in total. The average Bonchev–Trinajstić information content (AvgIpc) is 3.08. The number of nitrogens with two attached hydrogens (primary N) is 1. The number of benzene rings is 1. The van der Waals surface area contributed by atoms with Crippen molar-refractivity contribution in [2.24, 2.45) is 5.73 Å². The summed E-state index contributed by atoms with van der Waals surface area (Å²) in [6.07, 6.45) is 4.20. The minimum Gasteiger partial charge on any atom is -0.384 e. The molecule has 0 fully saturated rings. The van der Waals surface area contributed by atoms with Gasteiger partial charge in [-0.15, -0.1) is 11.3 Å². The Morgan fingerprint density at radius 2 is 2.35 bits per heavy atom. The highest BCUT2D eigenvalue weighted by Crippen LogP contribution is 2.22. The Morgan fingerprint density at radius 3 is 2.96 bits per heavy atom. The molecule has 2 atom stereocenters. The van der Waals surface area contributed by atoms with Crippen LogP contribution in [0.3, 0.4) is 0 Å². The second kappa shape index (κ2) is 8.14. The van der Waals surface area contributed by atoms with Gasteiger partial charge in [-0.25, -0.2) is 13.9 Å². The number of hydrogen-bond acceptors (Lipinski definition) is 4. The van der Waals surface area contributed by atoms with E-state index in [2.05, 4.69) is 9.71 Å². The SMILES string of the molecule is C/C=C(\C)S(=O)NC(Cc1cccc(C(=N)N)c1)c1nccs1. The van der Waals surface area contributed by atoms with Crippen LogP contribution in [0.5, 0.6) is 0 Å². The van der Waals surface area contributed by atoms with Gasteiger partial charge in [-0.2, -0.15) is 0 Å². The highest BCUT2D eigenvalue weighted by molar-refractivity contribution is 7.87. The predicted octanol–water partition coefficient (Wildman–Crippen LogP) is 2.89. The lowest BCUT2D eigenvalue weighted by Gasteiger charge is -2.16. The smallest absolute Gasteiger partial charge is 0.122 e. The lowest BCUT2D eigenvalue weighted by molar-refractivity contribution is 0.625. The zero-order valence-corrected chi connectivity index (χ0v) is 14.7. The maximum Gasteiger partial charge on any atom is 0.122 e. The van der Waals surface area contributed by atoms with E-state index in [0.717, 1.165) is 15.5 Å². The summed E-state index contributed by atoms with van der Waals surface area (Å²) in [4.78, 5) is 5.13. The Kier molecular flexibility index (Phi) is 6.20. The van der Waals surface area contributed by atoms with Gasteiger partial charge in [0.2, 0.25) is 0 Å². The fraction of sp³-hybridized carbons (Fsp3) is 0.250. The number of nitrogens with zero attached hydrogens (tertiary/aromatic N) is 1. The highest BCUT2D eigenvalue weighted by atomic mass is 32.2. The Bertz CT molecular complexity index is 725. The van der Waals surface area contributed by atoms with E-state index in [4.69, 9.17) is 11.1 Å². The third-order valence-corrected chi connectivity index (χ3v) is 5.58. The lowest BCUT2D eigenvalue weighted by atomic mass is 10.0. The molecule has 1 heterocycles. The van der Waals surface area contributed by atoms with Crippen molar-refractivity contribution in [3.05, 3.63) is 63.0 Å². The quantitative estimate of drug-likeness (QED) is 0.531. The van der Waals surface area contributed by atoms with Crippen LogP contribution in [0.4, 0.5) is 0 Å². The van der Waals surface area contributed by atoms with Gasteiger partial charge < -0.3 is 5.73 Å². The van der Waals surface area contributed by atoms with E-state index in [0.29, 0.717) is 12.0 Å². The molecule has 1 aromatic heterocycles. The monoisotopic (exact) mass is 348 g/mol. The second-order valence-corrected chi connectivity index (χ2v) is 7.37. The molecular formula is C16H20N4OS2. The third kappa shape index (κ3) is 4.82. The number of nitrogen functional groups attached to an aromatic ring is 1. The molecule has 1 aromatic carbocycles. The first-order chi connectivity index (χ1) is 11.0. The molecule has 2 rings (SSSR count). The fourth-order valence-corrected chi connectivity index (χ4v) is 3.63. The van der Waals surface area contributed by atoms with Crippen LogP contribution in [-0.2, 0) is 17.4 Å². The van der Waals surface area contributed by atoms with Crippen molar-refractivity contribution >= 4 is 28.2 Å². The van der Waals surface area contributed by atoms with Crippen molar-refractivity contribution in [2.75, 3.05) is 0 Å². The van der Waals surface area contributed by atoms with E-state index in [-0.39, 0.29) is 11.9 Å². The summed E-state index contributed by atoms with van der Waals surface area (Å²) in [5.74, 6) is 0.0407.